The number of alkyl carbamates (subject to hydrolysis) is 1. The molecule has 2 N–H and O–H groups in total. The lowest BCUT2D eigenvalue weighted by atomic mass is 9.95. The monoisotopic (exact) mass is 465 g/mol. The molecule has 0 saturated carbocycles. The van der Waals surface area contributed by atoms with Gasteiger partial charge in [0.15, 0.2) is 0 Å². The predicted octanol–water partition coefficient (Wildman–Crippen LogP) is 3.59. The molecule has 0 aromatic carbocycles. The van der Waals surface area contributed by atoms with Gasteiger partial charge in [0.25, 0.3) is 0 Å². The van der Waals surface area contributed by atoms with Crippen LogP contribution in [0.5, 0.6) is 0 Å². The maximum atomic E-state index is 12.7. The Morgan fingerprint density at radius 2 is 1.81 bits per heavy atom. The highest BCUT2D eigenvalue weighted by Gasteiger charge is 2.28. The maximum absolute atomic E-state index is 12.7. The summed E-state index contributed by atoms with van der Waals surface area (Å²) in [6.07, 6.45) is 5.40. The number of methoxy groups -OCH3 is 1. The zero-order valence-corrected chi connectivity index (χ0v) is 20.4. The number of esters is 1. The number of carbonyl (C=O) groups is 3. The van der Waals surface area contributed by atoms with E-state index in [9.17, 15) is 14.4 Å². The minimum Gasteiger partial charge on any atom is -0.465 e. The van der Waals surface area contributed by atoms with Crippen LogP contribution >= 0.6 is 11.3 Å². The van der Waals surface area contributed by atoms with Gasteiger partial charge in [0, 0.05) is 11.4 Å². The highest BCUT2D eigenvalue weighted by Crippen LogP contribution is 2.38. The van der Waals surface area contributed by atoms with Gasteiger partial charge in [0.1, 0.15) is 10.6 Å². The summed E-state index contributed by atoms with van der Waals surface area (Å²) in [5, 5.41) is 6.42. The van der Waals surface area contributed by atoms with Crippen LogP contribution in [0.4, 0.5) is 9.80 Å². The summed E-state index contributed by atoms with van der Waals surface area (Å²) < 4.78 is 10.3. The van der Waals surface area contributed by atoms with E-state index in [0.29, 0.717) is 23.0 Å². The third-order valence-corrected chi connectivity index (χ3v) is 7.03. The maximum Gasteiger partial charge on any atom is 0.407 e. The number of hydrogen-bond donors (Lipinski definition) is 2. The second-order valence-corrected chi connectivity index (χ2v) is 10.7. The first kappa shape index (κ1) is 24.5. The van der Waals surface area contributed by atoms with Gasteiger partial charge in [0.05, 0.1) is 19.2 Å². The smallest absolute Gasteiger partial charge is 0.407 e. The van der Waals surface area contributed by atoms with Crippen molar-refractivity contribution in [3.05, 3.63) is 16.0 Å². The first-order valence-corrected chi connectivity index (χ1v) is 12.2. The molecule has 178 valence electrons. The van der Waals surface area contributed by atoms with Gasteiger partial charge < -0.3 is 20.1 Å². The summed E-state index contributed by atoms with van der Waals surface area (Å²) in [7, 11) is 1.38. The molecule has 1 aliphatic carbocycles. The fourth-order valence-electron chi connectivity index (χ4n) is 4.23. The summed E-state index contributed by atoms with van der Waals surface area (Å²) in [6.45, 7) is 7.98. The molecule has 0 unspecified atom stereocenters. The molecule has 0 spiro atoms. The molecule has 0 radical (unpaired) electrons. The first-order valence-electron chi connectivity index (χ1n) is 11.4. The van der Waals surface area contributed by atoms with Crippen LogP contribution in [0.2, 0.25) is 0 Å². The van der Waals surface area contributed by atoms with Gasteiger partial charge in [-0.2, -0.15) is 0 Å². The standard InChI is InChI=1S/C23H35N3O5S/c1-23(2,3)31-22(29)24-13-15-9-11-26(12-10-15)14-18(27)25-20-19(21(28)30-4)16-7-5-6-8-17(16)32-20/h15H,5-14H2,1-4H3,(H,24,29)(H,25,27). The summed E-state index contributed by atoms with van der Waals surface area (Å²) in [6, 6.07) is 0. The Morgan fingerprint density at radius 3 is 2.47 bits per heavy atom. The Labute approximate surface area is 194 Å². The second kappa shape index (κ2) is 10.7. The quantitative estimate of drug-likeness (QED) is 0.623. The molecule has 32 heavy (non-hydrogen) atoms. The molecule has 8 nitrogen and oxygen atoms in total. The van der Waals surface area contributed by atoms with E-state index >= 15 is 0 Å². The minimum absolute atomic E-state index is 0.112. The molecule has 2 heterocycles. The molecule has 1 saturated heterocycles. The van der Waals surface area contributed by atoms with Gasteiger partial charge in [-0.25, -0.2) is 9.59 Å². The molecule has 0 atom stereocenters. The van der Waals surface area contributed by atoms with E-state index in [0.717, 1.165) is 57.2 Å². The zero-order chi connectivity index (χ0) is 23.3. The van der Waals surface area contributed by atoms with Crippen LogP contribution in [0, 0.1) is 5.92 Å². The van der Waals surface area contributed by atoms with Gasteiger partial charge in [-0.15, -0.1) is 11.3 Å². The second-order valence-electron chi connectivity index (χ2n) is 9.56. The summed E-state index contributed by atoms with van der Waals surface area (Å²) in [4.78, 5) is 40.2. The number of likely N-dealkylation sites (tertiary alicyclic amines) is 1. The van der Waals surface area contributed by atoms with Crippen molar-refractivity contribution in [2.75, 3.05) is 38.6 Å². The Balaban J connectivity index is 1.47. The van der Waals surface area contributed by atoms with Crippen LogP contribution in [0.25, 0.3) is 0 Å². The number of amides is 2. The number of anilines is 1. The van der Waals surface area contributed by atoms with E-state index in [1.54, 1.807) is 0 Å². The molecule has 1 aliphatic heterocycles. The van der Waals surface area contributed by atoms with Crippen molar-refractivity contribution in [2.24, 2.45) is 5.92 Å². The molecule has 2 amide bonds. The minimum atomic E-state index is -0.504. The molecule has 1 aromatic rings. The number of fused-ring (bicyclic) bond motifs is 1. The van der Waals surface area contributed by atoms with Crippen molar-refractivity contribution >= 4 is 34.3 Å². The predicted molar refractivity (Wildman–Crippen MR) is 124 cm³/mol. The molecule has 0 bridgehead atoms. The van der Waals surface area contributed by atoms with E-state index in [1.165, 1.54) is 23.3 Å². The summed E-state index contributed by atoms with van der Waals surface area (Å²) in [5.74, 6) is -0.117. The molecular formula is C23H35N3O5S. The normalized spacial score (nSPS) is 17.4. The summed E-state index contributed by atoms with van der Waals surface area (Å²) >= 11 is 1.51. The van der Waals surface area contributed by atoms with Gasteiger partial charge in [0.2, 0.25) is 5.91 Å². The van der Waals surface area contributed by atoms with Crippen LogP contribution in [0.3, 0.4) is 0 Å². The molecular weight excluding hydrogens is 430 g/mol. The SMILES string of the molecule is COC(=O)c1c(NC(=O)CN2CCC(CNC(=O)OC(C)(C)C)CC2)sc2c1CCCC2. The molecule has 1 fully saturated rings. The fraction of sp³-hybridized carbons (Fsp3) is 0.696. The Kier molecular flexibility index (Phi) is 8.16. The van der Waals surface area contributed by atoms with Crippen LogP contribution in [-0.4, -0.2) is 61.8 Å². The molecule has 2 aliphatic rings. The lowest BCUT2D eigenvalue weighted by Crippen LogP contribution is -2.42. The Bertz CT molecular complexity index is 837. The lowest BCUT2D eigenvalue weighted by molar-refractivity contribution is -0.117. The highest BCUT2D eigenvalue weighted by molar-refractivity contribution is 7.17. The van der Waals surface area contributed by atoms with E-state index in [-0.39, 0.29) is 24.5 Å². The third-order valence-electron chi connectivity index (χ3n) is 5.82. The Hall–Kier alpha value is -2.13. The van der Waals surface area contributed by atoms with Gasteiger partial charge in [-0.1, -0.05) is 0 Å². The average Bonchev–Trinajstić information content (AvgIpc) is 3.09. The number of nitrogens with zero attached hydrogens (tertiary/aromatic N) is 1. The number of rotatable bonds is 6. The number of hydrogen-bond acceptors (Lipinski definition) is 7. The zero-order valence-electron chi connectivity index (χ0n) is 19.5. The molecule has 1 aromatic heterocycles. The van der Waals surface area contributed by atoms with E-state index in [2.05, 4.69) is 15.5 Å². The first-order chi connectivity index (χ1) is 15.2. The molecule has 3 rings (SSSR count). The van der Waals surface area contributed by atoms with Crippen molar-refractivity contribution in [1.82, 2.24) is 10.2 Å². The van der Waals surface area contributed by atoms with Gasteiger partial charge >= 0.3 is 12.1 Å². The molecule has 9 heteroatoms. The third kappa shape index (κ3) is 6.68. The van der Waals surface area contributed by atoms with Gasteiger partial charge in [-0.3, -0.25) is 9.69 Å². The van der Waals surface area contributed by atoms with Crippen molar-refractivity contribution in [3.63, 3.8) is 0 Å². The van der Waals surface area contributed by atoms with Crippen LogP contribution < -0.4 is 10.6 Å². The van der Waals surface area contributed by atoms with Crippen LogP contribution in [-0.2, 0) is 27.1 Å². The lowest BCUT2D eigenvalue weighted by Gasteiger charge is -2.31. The number of nitrogens with one attached hydrogen (secondary N) is 2. The van der Waals surface area contributed by atoms with Gasteiger partial charge in [-0.05, 0) is 83.9 Å². The highest BCUT2D eigenvalue weighted by atomic mass is 32.1. The fourth-order valence-corrected chi connectivity index (χ4v) is 5.53. The number of thiophene rings is 1. The number of ether oxygens (including phenoxy) is 2. The van der Waals surface area contributed by atoms with Crippen LogP contribution in [0.15, 0.2) is 0 Å². The van der Waals surface area contributed by atoms with Crippen LogP contribution in [0.1, 0.15) is 67.3 Å². The number of aryl methyl sites for hydroxylation is 1. The number of piperidine rings is 1. The van der Waals surface area contributed by atoms with E-state index in [4.69, 9.17) is 9.47 Å². The topological polar surface area (TPSA) is 97.0 Å². The largest absolute Gasteiger partial charge is 0.465 e. The van der Waals surface area contributed by atoms with Crippen molar-refractivity contribution in [2.45, 2.75) is 64.9 Å². The van der Waals surface area contributed by atoms with Crippen molar-refractivity contribution in [1.29, 1.82) is 0 Å². The summed E-state index contributed by atoms with van der Waals surface area (Å²) in [5.41, 5.74) is 1.07. The van der Waals surface area contributed by atoms with Crippen molar-refractivity contribution in [3.8, 4) is 0 Å². The average molecular weight is 466 g/mol. The Morgan fingerprint density at radius 1 is 1.12 bits per heavy atom. The van der Waals surface area contributed by atoms with E-state index in [1.807, 2.05) is 20.8 Å². The van der Waals surface area contributed by atoms with Crippen molar-refractivity contribution < 1.29 is 23.9 Å². The van der Waals surface area contributed by atoms with E-state index < -0.39 is 5.60 Å². The number of carbonyl (C=O) groups excluding carboxylic acids is 3.